The van der Waals surface area contributed by atoms with Gasteiger partial charge in [-0.15, -0.1) is 0 Å². The molecule has 2 aromatic carbocycles. The van der Waals surface area contributed by atoms with E-state index in [0.717, 1.165) is 49.9 Å². The molecule has 1 amide bonds. The Balaban J connectivity index is 1.92. The molecule has 1 heterocycles. The number of nitrogens with zero attached hydrogens (tertiary/aromatic N) is 2. The number of hydrogen-bond acceptors (Lipinski definition) is 5. The van der Waals surface area contributed by atoms with Crippen molar-refractivity contribution in [2.24, 2.45) is 5.10 Å². The van der Waals surface area contributed by atoms with E-state index in [1.165, 1.54) is 5.56 Å². The minimum Gasteiger partial charge on any atom is -0.321 e. The number of nitrogens with one attached hydrogen (secondary N) is 2. The number of aromatic nitrogens is 1. The number of hydrazone groups is 1. The summed E-state index contributed by atoms with van der Waals surface area (Å²) in [5.74, 6) is -0.0975. The van der Waals surface area contributed by atoms with Gasteiger partial charge in [-0.25, -0.2) is 4.98 Å². The number of hydrogen-bond donors (Lipinski definition) is 2. The number of amides is 1. The average Bonchev–Trinajstić information content (AvgIpc) is 3.08. The SMILES string of the molecule is CC/C(C)=N\Nc1nc2cc(C)c(NC(=O)c3ccc(C)c(C)c3)c(C)c2s1. The normalized spacial score (nSPS) is 11.7. The highest BCUT2D eigenvalue weighted by atomic mass is 32.1. The van der Waals surface area contributed by atoms with Crippen molar-refractivity contribution in [2.45, 2.75) is 48.0 Å². The van der Waals surface area contributed by atoms with Gasteiger partial charge >= 0.3 is 0 Å². The molecule has 0 radical (unpaired) electrons. The summed E-state index contributed by atoms with van der Waals surface area (Å²) in [6.45, 7) is 12.1. The van der Waals surface area contributed by atoms with E-state index < -0.39 is 0 Å². The molecule has 3 rings (SSSR count). The Labute approximate surface area is 169 Å². The molecule has 28 heavy (non-hydrogen) atoms. The van der Waals surface area contributed by atoms with Gasteiger partial charge in [0.1, 0.15) is 0 Å². The van der Waals surface area contributed by atoms with Crippen LogP contribution in [0.1, 0.15) is 52.9 Å². The molecule has 2 N–H and O–H groups in total. The van der Waals surface area contributed by atoms with Crippen LogP contribution < -0.4 is 10.7 Å². The van der Waals surface area contributed by atoms with E-state index in [1.807, 2.05) is 58.9 Å². The first-order valence-corrected chi connectivity index (χ1v) is 10.2. The van der Waals surface area contributed by atoms with Crippen molar-refractivity contribution in [1.82, 2.24) is 4.98 Å². The third-order valence-electron chi connectivity index (χ3n) is 4.98. The topological polar surface area (TPSA) is 66.4 Å². The zero-order chi connectivity index (χ0) is 20.4. The molecular weight excluding hydrogens is 368 g/mol. The standard InChI is InChI=1S/C22H26N4OS/c1-7-15(5)25-26-22-23-18-11-14(4)19(16(6)20(18)28-22)24-21(27)17-9-8-12(2)13(3)10-17/h8-11H,7H2,1-6H3,(H,23,26)(H,24,27)/b25-15-. The molecule has 0 aliphatic rings. The van der Waals surface area contributed by atoms with Crippen molar-refractivity contribution in [3.8, 4) is 0 Å². The zero-order valence-corrected chi connectivity index (χ0v) is 18.0. The summed E-state index contributed by atoms with van der Waals surface area (Å²) in [5, 5.41) is 8.18. The third-order valence-corrected chi connectivity index (χ3v) is 6.07. The van der Waals surface area contributed by atoms with Crippen molar-refractivity contribution in [3.63, 3.8) is 0 Å². The predicted octanol–water partition coefficient (Wildman–Crippen LogP) is 5.98. The van der Waals surface area contributed by atoms with E-state index in [2.05, 4.69) is 27.8 Å². The number of thiazole rings is 1. The lowest BCUT2D eigenvalue weighted by molar-refractivity contribution is 0.102. The number of anilines is 2. The molecule has 0 aliphatic heterocycles. The van der Waals surface area contributed by atoms with E-state index in [9.17, 15) is 4.79 Å². The Hall–Kier alpha value is -2.73. The van der Waals surface area contributed by atoms with Gasteiger partial charge in [0, 0.05) is 17.0 Å². The third kappa shape index (κ3) is 4.07. The highest BCUT2D eigenvalue weighted by molar-refractivity contribution is 7.22. The summed E-state index contributed by atoms with van der Waals surface area (Å²) in [5.41, 5.74) is 10.8. The molecule has 146 valence electrons. The lowest BCUT2D eigenvalue weighted by atomic mass is 10.0. The summed E-state index contributed by atoms with van der Waals surface area (Å²) in [6.07, 6.45) is 0.894. The van der Waals surface area contributed by atoms with E-state index in [4.69, 9.17) is 0 Å². The molecule has 0 fully saturated rings. The lowest BCUT2D eigenvalue weighted by Gasteiger charge is -2.13. The number of benzene rings is 2. The first kappa shape index (κ1) is 20.0. The Morgan fingerprint density at radius 2 is 1.86 bits per heavy atom. The van der Waals surface area contributed by atoms with Gasteiger partial charge in [-0.05, 0) is 81.5 Å². The van der Waals surface area contributed by atoms with Crippen LogP contribution in [0, 0.1) is 27.7 Å². The van der Waals surface area contributed by atoms with E-state index in [-0.39, 0.29) is 5.91 Å². The van der Waals surface area contributed by atoms with Crippen LogP contribution in [0.4, 0.5) is 10.8 Å². The second-order valence-electron chi connectivity index (χ2n) is 7.13. The first-order chi connectivity index (χ1) is 13.3. The molecule has 0 bridgehead atoms. The monoisotopic (exact) mass is 394 g/mol. The molecular formula is C22H26N4OS. The Morgan fingerprint density at radius 1 is 1.11 bits per heavy atom. The lowest BCUT2D eigenvalue weighted by Crippen LogP contribution is -2.14. The number of aryl methyl sites for hydroxylation is 4. The quantitative estimate of drug-likeness (QED) is 0.413. The van der Waals surface area contributed by atoms with E-state index in [1.54, 1.807) is 11.3 Å². The van der Waals surface area contributed by atoms with Crippen LogP contribution >= 0.6 is 11.3 Å². The second-order valence-corrected chi connectivity index (χ2v) is 8.13. The molecule has 0 saturated carbocycles. The van der Waals surface area contributed by atoms with Crippen molar-refractivity contribution in [1.29, 1.82) is 0 Å². The maximum atomic E-state index is 12.8. The highest BCUT2D eigenvalue weighted by Gasteiger charge is 2.15. The number of rotatable bonds is 5. The van der Waals surface area contributed by atoms with Gasteiger partial charge in [0.25, 0.3) is 5.91 Å². The smallest absolute Gasteiger partial charge is 0.255 e. The predicted molar refractivity (Wildman–Crippen MR) is 120 cm³/mol. The van der Waals surface area contributed by atoms with Gasteiger partial charge in [0.05, 0.1) is 10.2 Å². The minimum atomic E-state index is -0.0975. The Bertz CT molecular complexity index is 1080. The minimum absolute atomic E-state index is 0.0975. The van der Waals surface area contributed by atoms with Gasteiger partial charge in [-0.1, -0.05) is 24.3 Å². The fourth-order valence-electron chi connectivity index (χ4n) is 2.92. The molecule has 0 saturated heterocycles. The summed E-state index contributed by atoms with van der Waals surface area (Å²) >= 11 is 1.55. The van der Waals surface area contributed by atoms with E-state index >= 15 is 0 Å². The van der Waals surface area contributed by atoms with Gasteiger partial charge in [-0.3, -0.25) is 10.2 Å². The van der Waals surface area contributed by atoms with Crippen LogP contribution in [0.3, 0.4) is 0 Å². The first-order valence-electron chi connectivity index (χ1n) is 9.38. The van der Waals surface area contributed by atoms with Crippen molar-refractivity contribution in [3.05, 3.63) is 52.1 Å². The van der Waals surface area contributed by atoms with E-state index in [0.29, 0.717) is 5.56 Å². The fraction of sp³-hybridized carbons (Fsp3) is 0.318. The van der Waals surface area contributed by atoms with Crippen molar-refractivity contribution < 1.29 is 4.79 Å². The fourth-order valence-corrected chi connectivity index (χ4v) is 3.81. The summed E-state index contributed by atoms with van der Waals surface area (Å²) in [6, 6.07) is 7.78. The van der Waals surface area contributed by atoms with Crippen LogP contribution in [-0.2, 0) is 0 Å². The Morgan fingerprint density at radius 3 is 2.54 bits per heavy atom. The van der Waals surface area contributed by atoms with Crippen molar-refractivity contribution >= 4 is 44.0 Å². The number of carbonyl (C=O) groups is 1. The number of fused-ring (bicyclic) bond motifs is 1. The summed E-state index contributed by atoms with van der Waals surface area (Å²) in [7, 11) is 0. The molecule has 0 atom stereocenters. The van der Waals surface area contributed by atoms with Gasteiger partial charge < -0.3 is 5.32 Å². The zero-order valence-electron chi connectivity index (χ0n) is 17.2. The van der Waals surface area contributed by atoms with Crippen LogP contribution in [0.25, 0.3) is 10.2 Å². The van der Waals surface area contributed by atoms with Gasteiger partial charge in [0.15, 0.2) is 0 Å². The molecule has 0 aliphatic carbocycles. The van der Waals surface area contributed by atoms with Crippen LogP contribution in [-0.4, -0.2) is 16.6 Å². The average molecular weight is 395 g/mol. The van der Waals surface area contributed by atoms with Crippen LogP contribution in [0.15, 0.2) is 29.4 Å². The van der Waals surface area contributed by atoms with Gasteiger partial charge in [-0.2, -0.15) is 5.10 Å². The summed E-state index contributed by atoms with van der Waals surface area (Å²) < 4.78 is 1.05. The highest BCUT2D eigenvalue weighted by Crippen LogP contribution is 2.35. The maximum absolute atomic E-state index is 12.8. The molecule has 3 aromatic rings. The van der Waals surface area contributed by atoms with Crippen LogP contribution in [0.5, 0.6) is 0 Å². The molecule has 1 aromatic heterocycles. The second kappa shape index (κ2) is 8.10. The van der Waals surface area contributed by atoms with Gasteiger partial charge in [0.2, 0.25) is 5.13 Å². The number of carbonyl (C=O) groups excluding carboxylic acids is 1. The molecule has 5 nitrogen and oxygen atoms in total. The summed E-state index contributed by atoms with van der Waals surface area (Å²) in [4.78, 5) is 17.4. The maximum Gasteiger partial charge on any atom is 0.255 e. The molecule has 0 unspecified atom stereocenters. The molecule has 6 heteroatoms. The van der Waals surface area contributed by atoms with Crippen molar-refractivity contribution in [2.75, 3.05) is 10.7 Å². The Kier molecular flexibility index (Phi) is 5.79. The molecule has 0 spiro atoms. The van der Waals surface area contributed by atoms with Crippen LogP contribution in [0.2, 0.25) is 0 Å². The largest absolute Gasteiger partial charge is 0.321 e.